The van der Waals surface area contributed by atoms with Crippen LogP contribution in [-0.2, 0) is 16.0 Å². The van der Waals surface area contributed by atoms with Crippen LogP contribution in [0.15, 0.2) is 48.5 Å². The largest absolute Gasteiger partial charge is 0.457 e. The molecule has 0 atom stereocenters. The summed E-state index contributed by atoms with van der Waals surface area (Å²) in [6, 6.07) is 13.4. The Balaban J connectivity index is 1.51. The van der Waals surface area contributed by atoms with Crippen molar-refractivity contribution in [2.24, 2.45) is 0 Å². The molecule has 0 aliphatic carbocycles. The van der Waals surface area contributed by atoms with Gasteiger partial charge < -0.3 is 14.5 Å². The molecule has 0 radical (unpaired) electrons. The zero-order chi connectivity index (χ0) is 19.2. The third kappa shape index (κ3) is 5.29. The van der Waals surface area contributed by atoms with Gasteiger partial charge in [-0.3, -0.25) is 9.59 Å². The van der Waals surface area contributed by atoms with Gasteiger partial charge in [-0.05, 0) is 48.4 Å². The van der Waals surface area contributed by atoms with Crippen molar-refractivity contribution >= 4 is 11.8 Å². The average Bonchev–Trinajstić information content (AvgIpc) is 2.68. The Hall–Kier alpha value is -2.89. The van der Waals surface area contributed by atoms with E-state index in [1.807, 2.05) is 29.2 Å². The van der Waals surface area contributed by atoms with Crippen LogP contribution in [-0.4, -0.2) is 47.8 Å². The van der Waals surface area contributed by atoms with Crippen molar-refractivity contribution in [1.29, 1.82) is 0 Å². The third-order valence-corrected chi connectivity index (χ3v) is 4.65. The fourth-order valence-electron chi connectivity index (χ4n) is 3.08. The van der Waals surface area contributed by atoms with Crippen molar-refractivity contribution in [3.8, 4) is 11.5 Å². The minimum Gasteiger partial charge on any atom is -0.457 e. The zero-order valence-corrected chi connectivity index (χ0v) is 15.4. The number of ether oxygens (including phenoxy) is 1. The van der Waals surface area contributed by atoms with Crippen molar-refractivity contribution in [3.05, 3.63) is 59.9 Å². The second-order valence-corrected chi connectivity index (χ2v) is 6.59. The van der Waals surface area contributed by atoms with E-state index in [4.69, 9.17) is 4.74 Å². The van der Waals surface area contributed by atoms with E-state index < -0.39 is 0 Å². The first-order valence-corrected chi connectivity index (χ1v) is 9.07. The molecule has 1 aliphatic heterocycles. The summed E-state index contributed by atoms with van der Waals surface area (Å²) in [6.45, 7) is 3.93. The predicted octanol–water partition coefficient (Wildman–Crippen LogP) is 3.24. The topological polar surface area (TPSA) is 49.9 Å². The van der Waals surface area contributed by atoms with Crippen molar-refractivity contribution in [1.82, 2.24) is 9.80 Å². The highest BCUT2D eigenvalue weighted by molar-refractivity contribution is 5.77. The quantitative estimate of drug-likeness (QED) is 0.812. The average molecular weight is 370 g/mol. The van der Waals surface area contributed by atoms with E-state index in [0.717, 1.165) is 5.56 Å². The maximum atomic E-state index is 13.0. The summed E-state index contributed by atoms with van der Waals surface area (Å²) in [6.07, 6.45) is 1.03. The fraction of sp³-hybridized carbons (Fsp3) is 0.333. The Labute approximate surface area is 158 Å². The van der Waals surface area contributed by atoms with Crippen LogP contribution >= 0.6 is 0 Å². The monoisotopic (exact) mass is 370 g/mol. The Morgan fingerprint density at radius 1 is 0.963 bits per heavy atom. The van der Waals surface area contributed by atoms with Crippen molar-refractivity contribution in [2.75, 3.05) is 26.2 Å². The smallest absolute Gasteiger partial charge is 0.223 e. The summed E-state index contributed by atoms with van der Waals surface area (Å²) in [7, 11) is 0. The van der Waals surface area contributed by atoms with E-state index in [0.29, 0.717) is 50.5 Å². The lowest BCUT2D eigenvalue weighted by Crippen LogP contribution is -2.50. The number of hydrogen-bond donors (Lipinski definition) is 0. The molecule has 27 heavy (non-hydrogen) atoms. The molecule has 0 bridgehead atoms. The molecule has 5 nitrogen and oxygen atoms in total. The van der Waals surface area contributed by atoms with E-state index in [-0.39, 0.29) is 17.6 Å². The van der Waals surface area contributed by atoms with Crippen LogP contribution in [0.5, 0.6) is 11.5 Å². The third-order valence-electron chi connectivity index (χ3n) is 4.65. The zero-order valence-electron chi connectivity index (χ0n) is 15.4. The van der Waals surface area contributed by atoms with Crippen LogP contribution in [0, 0.1) is 5.82 Å². The highest BCUT2D eigenvalue weighted by Crippen LogP contribution is 2.23. The highest BCUT2D eigenvalue weighted by atomic mass is 19.1. The molecule has 3 rings (SSSR count). The number of carbonyl (C=O) groups excluding carboxylic acids is 2. The number of aryl methyl sites for hydroxylation is 1. The molecule has 0 N–H and O–H groups in total. The summed E-state index contributed by atoms with van der Waals surface area (Å²) < 4.78 is 18.7. The molecule has 142 valence electrons. The van der Waals surface area contributed by atoms with Gasteiger partial charge in [0, 0.05) is 39.5 Å². The molecule has 1 aliphatic rings. The molecular weight excluding hydrogens is 347 g/mol. The first-order valence-electron chi connectivity index (χ1n) is 9.07. The maximum absolute atomic E-state index is 13.0. The van der Waals surface area contributed by atoms with Gasteiger partial charge in [0.25, 0.3) is 0 Å². The minimum absolute atomic E-state index is 0.0556. The lowest BCUT2D eigenvalue weighted by molar-refractivity contribution is -0.138. The Bertz CT molecular complexity index is 799. The molecule has 2 amide bonds. The number of halogens is 1. The molecule has 1 heterocycles. The Morgan fingerprint density at radius 3 is 2.30 bits per heavy atom. The summed E-state index contributed by atoms with van der Waals surface area (Å²) >= 11 is 0. The number of benzene rings is 2. The van der Waals surface area contributed by atoms with Crippen molar-refractivity contribution in [2.45, 2.75) is 19.8 Å². The van der Waals surface area contributed by atoms with Gasteiger partial charge in [0.05, 0.1) is 0 Å². The van der Waals surface area contributed by atoms with E-state index in [1.54, 1.807) is 24.0 Å². The van der Waals surface area contributed by atoms with E-state index in [9.17, 15) is 14.0 Å². The minimum atomic E-state index is -0.307. The van der Waals surface area contributed by atoms with Gasteiger partial charge in [0.2, 0.25) is 11.8 Å². The Kier molecular flexibility index (Phi) is 6.06. The van der Waals surface area contributed by atoms with Gasteiger partial charge in [-0.2, -0.15) is 0 Å². The number of hydrogen-bond acceptors (Lipinski definition) is 3. The maximum Gasteiger partial charge on any atom is 0.223 e. The molecule has 2 aromatic rings. The van der Waals surface area contributed by atoms with Gasteiger partial charge in [-0.1, -0.05) is 12.1 Å². The van der Waals surface area contributed by atoms with Crippen molar-refractivity contribution < 1.29 is 18.7 Å². The van der Waals surface area contributed by atoms with E-state index in [2.05, 4.69) is 0 Å². The summed E-state index contributed by atoms with van der Waals surface area (Å²) in [5.41, 5.74) is 1.00. The molecule has 0 unspecified atom stereocenters. The molecule has 0 saturated carbocycles. The molecule has 0 spiro atoms. The number of piperazine rings is 1. The van der Waals surface area contributed by atoms with E-state index >= 15 is 0 Å². The van der Waals surface area contributed by atoms with Gasteiger partial charge >= 0.3 is 0 Å². The predicted molar refractivity (Wildman–Crippen MR) is 100 cm³/mol. The van der Waals surface area contributed by atoms with Crippen LogP contribution in [0.4, 0.5) is 4.39 Å². The molecule has 2 aromatic carbocycles. The standard InChI is InChI=1S/C21H23FN2O3/c1-16(25)23-11-13-24(14-12-23)21(26)10-5-17-3-2-4-20(15-17)27-19-8-6-18(22)7-9-19/h2-4,6-9,15H,5,10-14H2,1H3. The SMILES string of the molecule is CC(=O)N1CCN(C(=O)CCc2cccc(Oc3ccc(F)cc3)c2)CC1. The van der Waals surface area contributed by atoms with Crippen LogP contribution in [0.1, 0.15) is 18.9 Å². The van der Waals surface area contributed by atoms with Crippen LogP contribution in [0.2, 0.25) is 0 Å². The number of rotatable bonds is 5. The summed E-state index contributed by atoms with van der Waals surface area (Å²) in [4.78, 5) is 27.4. The molecule has 1 saturated heterocycles. The van der Waals surface area contributed by atoms with Crippen molar-refractivity contribution in [3.63, 3.8) is 0 Å². The summed E-state index contributed by atoms with van der Waals surface area (Å²) in [5.74, 6) is 1.07. The van der Waals surface area contributed by atoms with Gasteiger partial charge in [-0.25, -0.2) is 4.39 Å². The van der Waals surface area contributed by atoms with Gasteiger partial charge in [-0.15, -0.1) is 0 Å². The normalized spacial score (nSPS) is 14.1. The van der Waals surface area contributed by atoms with Crippen LogP contribution in [0.25, 0.3) is 0 Å². The lowest BCUT2D eigenvalue weighted by atomic mass is 10.1. The first-order chi connectivity index (χ1) is 13.0. The van der Waals surface area contributed by atoms with Gasteiger partial charge in [0.1, 0.15) is 17.3 Å². The van der Waals surface area contributed by atoms with Gasteiger partial charge in [0.15, 0.2) is 0 Å². The second kappa shape index (κ2) is 8.66. The first kappa shape index (κ1) is 18.9. The number of nitrogens with zero attached hydrogens (tertiary/aromatic N) is 2. The Morgan fingerprint density at radius 2 is 1.63 bits per heavy atom. The highest BCUT2D eigenvalue weighted by Gasteiger charge is 2.21. The lowest BCUT2D eigenvalue weighted by Gasteiger charge is -2.34. The second-order valence-electron chi connectivity index (χ2n) is 6.59. The molecular formula is C21H23FN2O3. The van der Waals surface area contributed by atoms with Crippen LogP contribution in [0.3, 0.4) is 0 Å². The molecule has 1 fully saturated rings. The fourth-order valence-corrected chi connectivity index (χ4v) is 3.08. The number of carbonyl (C=O) groups is 2. The van der Waals surface area contributed by atoms with Crippen LogP contribution < -0.4 is 4.74 Å². The van der Waals surface area contributed by atoms with E-state index in [1.165, 1.54) is 12.1 Å². The number of amides is 2. The summed E-state index contributed by atoms with van der Waals surface area (Å²) in [5, 5.41) is 0. The molecule has 6 heteroatoms. The molecule has 0 aromatic heterocycles.